The molecule has 1 saturated heterocycles. The maximum atomic E-state index is 9.76. The molecule has 15 heavy (non-hydrogen) atoms. The van der Waals surface area contributed by atoms with Gasteiger partial charge in [-0.2, -0.15) is 0 Å². The summed E-state index contributed by atoms with van der Waals surface area (Å²) in [6.45, 7) is 9.17. The van der Waals surface area contributed by atoms with Crippen molar-refractivity contribution in [2.45, 2.75) is 32.4 Å². The van der Waals surface area contributed by atoms with Crippen LogP contribution >= 0.6 is 0 Å². The molecule has 1 aliphatic heterocycles. The number of nitrogens with zero attached hydrogens (tertiary/aromatic N) is 1. The Morgan fingerprint density at radius 2 is 2.20 bits per heavy atom. The Morgan fingerprint density at radius 3 is 2.67 bits per heavy atom. The SMILES string of the molecule is CCCN(CC(O)COCC)C1CNC1. The summed E-state index contributed by atoms with van der Waals surface area (Å²) in [4.78, 5) is 2.36. The predicted molar refractivity (Wildman–Crippen MR) is 61.0 cm³/mol. The summed E-state index contributed by atoms with van der Waals surface area (Å²) in [7, 11) is 0. The lowest BCUT2D eigenvalue weighted by molar-refractivity contribution is 0.00623. The molecule has 0 saturated carbocycles. The Kier molecular flexibility index (Phi) is 6.17. The lowest BCUT2D eigenvalue weighted by Crippen LogP contribution is -2.58. The van der Waals surface area contributed by atoms with Gasteiger partial charge in [0, 0.05) is 32.3 Å². The molecule has 1 heterocycles. The molecule has 2 N–H and O–H groups in total. The van der Waals surface area contributed by atoms with E-state index in [0.29, 0.717) is 19.3 Å². The fourth-order valence-corrected chi connectivity index (χ4v) is 1.82. The van der Waals surface area contributed by atoms with Crippen LogP contribution in [0.3, 0.4) is 0 Å². The third kappa shape index (κ3) is 4.47. The van der Waals surface area contributed by atoms with Gasteiger partial charge in [0.1, 0.15) is 0 Å². The van der Waals surface area contributed by atoms with Gasteiger partial charge in [-0.05, 0) is 19.9 Å². The Morgan fingerprint density at radius 1 is 1.47 bits per heavy atom. The van der Waals surface area contributed by atoms with E-state index in [0.717, 1.165) is 32.6 Å². The Labute approximate surface area is 92.6 Å². The van der Waals surface area contributed by atoms with Gasteiger partial charge in [-0.25, -0.2) is 0 Å². The molecule has 0 spiro atoms. The first kappa shape index (κ1) is 12.9. The zero-order valence-electron chi connectivity index (χ0n) is 9.91. The van der Waals surface area contributed by atoms with Gasteiger partial charge >= 0.3 is 0 Å². The average Bonchev–Trinajstić information content (AvgIpc) is 2.12. The molecule has 0 amide bonds. The van der Waals surface area contributed by atoms with Gasteiger partial charge in [0.05, 0.1) is 12.7 Å². The molecule has 4 nitrogen and oxygen atoms in total. The fraction of sp³-hybridized carbons (Fsp3) is 1.00. The monoisotopic (exact) mass is 216 g/mol. The van der Waals surface area contributed by atoms with E-state index >= 15 is 0 Å². The van der Waals surface area contributed by atoms with Crippen molar-refractivity contribution in [1.29, 1.82) is 0 Å². The Bertz CT molecular complexity index is 163. The normalized spacial score (nSPS) is 19.2. The summed E-state index contributed by atoms with van der Waals surface area (Å²) in [5.41, 5.74) is 0. The maximum absolute atomic E-state index is 9.76. The highest BCUT2D eigenvalue weighted by molar-refractivity contribution is 4.85. The number of rotatable bonds is 8. The standard InChI is InChI=1S/C11H24N2O2/c1-3-5-13(10-6-12-7-10)8-11(14)9-15-4-2/h10-12,14H,3-9H2,1-2H3. The summed E-state index contributed by atoms with van der Waals surface area (Å²) in [5, 5.41) is 13.0. The minimum Gasteiger partial charge on any atom is -0.389 e. The summed E-state index contributed by atoms with van der Waals surface area (Å²) in [5.74, 6) is 0. The van der Waals surface area contributed by atoms with Crippen LogP contribution in [-0.2, 0) is 4.74 Å². The highest BCUT2D eigenvalue weighted by Crippen LogP contribution is 2.07. The molecule has 0 aromatic carbocycles. The minimum absolute atomic E-state index is 0.350. The molecule has 1 unspecified atom stereocenters. The predicted octanol–water partition coefficient (Wildman–Crippen LogP) is 0.0676. The third-order valence-electron chi connectivity index (χ3n) is 2.75. The van der Waals surface area contributed by atoms with E-state index in [-0.39, 0.29) is 6.10 Å². The highest BCUT2D eigenvalue weighted by Gasteiger charge is 2.25. The van der Waals surface area contributed by atoms with E-state index in [4.69, 9.17) is 4.74 Å². The first-order valence-corrected chi connectivity index (χ1v) is 5.98. The van der Waals surface area contributed by atoms with Crippen molar-refractivity contribution in [3.63, 3.8) is 0 Å². The van der Waals surface area contributed by atoms with Crippen molar-refractivity contribution in [2.24, 2.45) is 0 Å². The molecule has 0 bridgehead atoms. The topological polar surface area (TPSA) is 44.7 Å². The van der Waals surface area contributed by atoms with Crippen molar-refractivity contribution in [3.8, 4) is 0 Å². The highest BCUT2D eigenvalue weighted by atomic mass is 16.5. The second-order valence-electron chi connectivity index (χ2n) is 4.12. The number of aliphatic hydroxyl groups is 1. The minimum atomic E-state index is -0.350. The van der Waals surface area contributed by atoms with Crippen molar-refractivity contribution in [3.05, 3.63) is 0 Å². The van der Waals surface area contributed by atoms with Crippen molar-refractivity contribution in [1.82, 2.24) is 10.2 Å². The summed E-state index contributed by atoms with van der Waals surface area (Å²) in [6.07, 6.45) is 0.787. The summed E-state index contributed by atoms with van der Waals surface area (Å²) in [6, 6.07) is 0.612. The molecular weight excluding hydrogens is 192 g/mol. The summed E-state index contributed by atoms with van der Waals surface area (Å²) >= 11 is 0. The van der Waals surface area contributed by atoms with Gasteiger partial charge in [-0.3, -0.25) is 4.90 Å². The Hall–Kier alpha value is -0.160. The second kappa shape index (κ2) is 7.17. The second-order valence-corrected chi connectivity index (χ2v) is 4.12. The largest absolute Gasteiger partial charge is 0.389 e. The van der Waals surface area contributed by atoms with Crippen LogP contribution < -0.4 is 5.32 Å². The number of nitrogens with one attached hydrogen (secondary N) is 1. The van der Waals surface area contributed by atoms with Gasteiger partial charge in [-0.1, -0.05) is 6.92 Å². The van der Waals surface area contributed by atoms with Gasteiger partial charge in [0.2, 0.25) is 0 Å². The van der Waals surface area contributed by atoms with Crippen LogP contribution in [0.4, 0.5) is 0 Å². The molecule has 1 rings (SSSR count). The van der Waals surface area contributed by atoms with Gasteiger partial charge in [-0.15, -0.1) is 0 Å². The smallest absolute Gasteiger partial charge is 0.0900 e. The van der Waals surface area contributed by atoms with Gasteiger partial charge in [0.25, 0.3) is 0 Å². The third-order valence-corrected chi connectivity index (χ3v) is 2.75. The number of hydrogen-bond acceptors (Lipinski definition) is 4. The molecule has 4 heteroatoms. The van der Waals surface area contributed by atoms with Crippen molar-refractivity contribution >= 4 is 0 Å². The average molecular weight is 216 g/mol. The quantitative estimate of drug-likeness (QED) is 0.602. The van der Waals surface area contributed by atoms with Gasteiger partial charge in [0.15, 0.2) is 0 Å². The molecule has 1 aliphatic rings. The van der Waals surface area contributed by atoms with E-state index in [1.807, 2.05) is 6.92 Å². The van der Waals surface area contributed by atoms with E-state index in [2.05, 4.69) is 17.1 Å². The Balaban J connectivity index is 2.22. The molecule has 1 atom stereocenters. The van der Waals surface area contributed by atoms with Crippen LogP contribution in [0.15, 0.2) is 0 Å². The van der Waals surface area contributed by atoms with E-state index < -0.39 is 0 Å². The molecule has 0 aromatic heterocycles. The van der Waals surface area contributed by atoms with Crippen LogP contribution in [0.2, 0.25) is 0 Å². The first-order chi connectivity index (χ1) is 7.27. The van der Waals surface area contributed by atoms with E-state index in [9.17, 15) is 5.11 Å². The van der Waals surface area contributed by atoms with Crippen LogP contribution in [0, 0.1) is 0 Å². The first-order valence-electron chi connectivity index (χ1n) is 5.98. The fourth-order valence-electron chi connectivity index (χ4n) is 1.82. The lowest BCUT2D eigenvalue weighted by Gasteiger charge is -2.39. The molecular formula is C11H24N2O2. The van der Waals surface area contributed by atoms with Crippen LogP contribution in [0.1, 0.15) is 20.3 Å². The lowest BCUT2D eigenvalue weighted by atomic mass is 10.1. The van der Waals surface area contributed by atoms with E-state index in [1.165, 1.54) is 0 Å². The number of aliphatic hydroxyl groups excluding tert-OH is 1. The molecule has 90 valence electrons. The van der Waals surface area contributed by atoms with Gasteiger partial charge < -0.3 is 15.2 Å². The number of hydrogen-bond donors (Lipinski definition) is 2. The molecule has 0 radical (unpaired) electrons. The summed E-state index contributed by atoms with van der Waals surface area (Å²) < 4.78 is 5.21. The molecule has 1 fully saturated rings. The van der Waals surface area contributed by atoms with Crippen molar-refractivity contribution in [2.75, 3.05) is 39.4 Å². The van der Waals surface area contributed by atoms with Crippen LogP contribution in [0.25, 0.3) is 0 Å². The zero-order valence-corrected chi connectivity index (χ0v) is 9.91. The molecule has 0 aliphatic carbocycles. The zero-order chi connectivity index (χ0) is 11.1. The van der Waals surface area contributed by atoms with Crippen molar-refractivity contribution < 1.29 is 9.84 Å². The maximum Gasteiger partial charge on any atom is 0.0900 e. The molecule has 0 aromatic rings. The van der Waals surface area contributed by atoms with Crippen LogP contribution in [0.5, 0.6) is 0 Å². The number of ether oxygens (including phenoxy) is 1. The van der Waals surface area contributed by atoms with Crippen LogP contribution in [-0.4, -0.2) is 61.5 Å². The van der Waals surface area contributed by atoms with E-state index in [1.54, 1.807) is 0 Å².